The van der Waals surface area contributed by atoms with Crippen molar-refractivity contribution in [1.82, 2.24) is 10.3 Å². The molecule has 3 heteroatoms. The lowest BCUT2D eigenvalue weighted by atomic mass is 9.68. The summed E-state index contributed by atoms with van der Waals surface area (Å²) in [5.74, 6) is 0. The van der Waals surface area contributed by atoms with Crippen LogP contribution >= 0.6 is 11.3 Å². The second-order valence-electron chi connectivity index (χ2n) is 8.86. The summed E-state index contributed by atoms with van der Waals surface area (Å²) in [6.07, 6.45) is 5.02. The van der Waals surface area contributed by atoms with Gasteiger partial charge in [0.1, 0.15) is 5.01 Å². The molecule has 1 aliphatic carbocycles. The van der Waals surface area contributed by atoms with Gasteiger partial charge in [-0.25, -0.2) is 4.98 Å². The molecule has 0 aliphatic heterocycles. The largest absolute Gasteiger partial charge is 0.303 e. The molecule has 2 rings (SSSR count). The van der Waals surface area contributed by atoms with Crippen molar-refractivity contribution in [3.8, 4) is 0 Å². The van der Waals surface area contributed by atoms with Crippen LogP contribution in [0.5, 0.6) is 0 Å². The third-order valence-electron chi connectivity index (χ3n) is 4.48. The van der Waals surface area contributed by atoms with Crippen LogP contribution in [0.3, 0.4) is 0 Å². The lowest BCUT2D eigenvalue weighted by molar-refractivity contribution is 0.110. The standard InChI is InChI=1S/C18H32N2S/c1-13(2)20-18(10-8-9-17(6,7)12-18)15-19-14(11-21-15)16(3,4)5/h11,13,20H,8-10,12H2,1-7H3. The highest BCUT2D eigenvalue weighted by atomic mass is 32.1. The Morgan fingerprint density at radius 3 is 2.38 bits per heavy atom. The van der Waals surface area contributed by atoms with Gasteiger partial charge in [0.2, 0.25) is 0 Å². The van der Waals surface area contributed by atoms with E-state index in [4.69, 9.17) is 4.98 Å². The first kappa shape index (κ1) is 17.0. The smallest absolute Gasteiger partial charge is 0.113 e. The molecule has 1 unspecified atom stereocenters. The summed E-state index contributed by atoms with van der Waals surface area (Å²) in [4.78, 5) is 5.05. The van der Waals surface area contributed by atoms with Crippen molar-refractivity contribution in [2.24, 2.45) is 5.41 Å². The van der Waals surface area contributed by atoms with Gasteiger partial charge < -0.3 is 5.32 Å². The van der Waals surface area contributed by atoms with Crippen LogP contribution in [-0.2, 0) is 11.0 Å². The third kappa shape index (κ3) is 3.87. The number of nitrogens with one attached hydrogen (secondary N) is 1. The van der Waals surface area contributed by atoms with Crippen LogP contribution in [0.25, 0.3) is 0 Å². The van der Waals surface area contributed by atoms with Crippen molar-refractivity contribution < 1.29 is 0 Å². The molecule has 0 spiro atoms. The zero-order valence-corrected chi connectivity index (χ0v) is 15.7. The van der Waals surface area contributed by atoms with Gasteiger partial charge in [0.25, 0.3) is 0 Å². The summed E-state index contributed by atoms with van der Waals surface area (Å²) in [6, 6.07) is 0.487. The van der Waals surface area contributed by atoms with Gasteiger partial charge in [-0.1, -0.05) is 41.0 Å². The maximum absolute atomic E-state index is 5.05. The van der Waals surface area contributed by atoms with Crippen LogP contribution in [0, 0.1) is 5.41 Å². The second kappa shape index (κ2) is 5.66. The minimum absolute atomic E-state index is 0.0735. The van der Waals surface area contributed by atoms with Crippen LogP contribution in [-0.4, -0.2) is 11.0 Å². The van der Waals surface area contributed by atoms with E-state index in [0.29, 0.717) is 11.5 Å². The summed E-state index contributed by atoms with van der Waals surface area (Å²) in [5, 5.41) is 7.44. The first-order valence-electron chi connectivity index (χ1n) is 8.28. The normalized spacial score (nSPS) is 26.3. The Hall–Kier alpha value is -0.410. The molecule has 1 aromatic heterocycles. The Morgan fingerprint density at radius 2 is 1.90 bits per heavy atom. The molecule has 1 fully saturated rings. The average Bonchev–Trinajstić information content (AvgIpc) is 2.75. The molecule has 21 heavy (non-hydrogen) atoms. The van der Waals surface area contributed by atoms with Crippen LogP contribution in [0.4, 0.5) is 0 Å². The van der Waals surface area contributed by atoms with E-state index in [-0.39, 0.29) is 11.0 Å². The fourth-order valence-electron chi connectivity index (χ4n) is 3.62. The maximum Gasteiger partial charge on any atom is 0.113 e. The van der Waals surface area contributed by atoms with Gasteiger partial charge in [-0.15, -0.1) is 11.3 Å². The summed E-state index contributed by atoms with van der Waals surface area (Å²) in [6.45, 7) is 16.1. The minimum atomic E-state index is 0.0735. The average molecular weight is 309 g/mol. The van der Waals surface area contributed by atoms with Gasteiger partial charge in [-0.05, 0) is 38.5 Å². The molecule has 1 aromatic rings. The van der Waals surface area contributed by atoms with E-state index < -0.39 is 0 Å². The van der Waals surface area contributed by atoms with Crippen LogP contribution in [0.1, 0.15) is 84.9 Å². The van der Waals surface area contributed by atoms with E-state index in [9.17, 15) is 0 Å². The van der Waals surface area contributed by atoms with E-state index in [1.807, 2.05) is 11.3 Å². The van der Waals surface area contributed by atoms with Crippen LogP contribution in [0.2, 0.25) is 0 Å². The summed E-state index contributed by atoms with van der Waals surface area (Å²) >= 11 is 1.85. The lowest BCUT2D eigenvalue weighted by Gasteiger charge is -2.45. The fourth-order valence-corrected chi connectivity index (χ4v) is 4.86. The highest BCUT2D eigenvalue weighted by Gasteiger charge is 2.43. The molecule has 0 aromatic carbocycles. The first-order chi connectivity index (χ1) is 9.54. The quantitative estimate of drug-likeness (QED) is 0.826. The highest BCUT2D eigenvalue weighted by Crippen LogP contribution is 2.47. The molecule has 0 saturated heterocycles. The van der Waals surface area contributed by atoms with E-state index in [1.165, 1.54) is 36.4 Å². The van der Waals surface area contributed by atoms with Gasteiger partial charge in [0.05, 0.1) is 11.2 Å². The number of hydrogen-bond acceptors (Lipinski definition) is 3. The zero-order chi connectivity index (χ0) is 15.9. The van der Waals surface area contributed by atoms with Crippen molar-refractivity contribution >= 4 is 11.3 Å². The van der Waals surface area contributed by atoms with Crippen molar-refractivity contribution in [3.63, 3.8) is 0 Å². The van der Waals surface area contributed by atoms with Crippen molar-refractivity contribution in [1.29, 1.82) is 0 Å². The molecule has 0 radical (unpaired) electrons. The van der Waals surface area contributed by atoms with Crippen molar-refractivity contribution in [2.45, 2.75) is 91.1 Å². The number of rotatable bonds is 3. The highest BCUT2D eigenvalue weighted by molar-refractivity contribution is 7.09. The Bertz CT molecular complexity index is 482. The maximum atomic E-state index is 5.05. The Labute approximate surface area is 134 Å². The summed E-state index contributed by atoms with van der Waals surface area (Å²) < 4.78 is 0. The summed E-state index contributed by atoms with van der Waals surface area (Å²) in [5.41, 5.74) is 1.84. The fraction of sp³-hybridized carbons (Fsp3) is 0.833. The summed E-state index contributed by atoms with van der Waals surface area (Å²) in [7, 11) is 0. The molecular weight excluding hydrogens is 276 g/mol. The molecule has 1 heterocycles. The molecule has 1 atom stereocenters. The van der Waals surface area contributed by atoms with Crippen molar-refractivity contribution in [3.05, 3.63) is 16.1 Å². The molecular formula is C18H32N2S. The molecule has 1 aliphatic rings. The van der Waals surface area contributed by atoms with E-state index in [1.54, 1.807) is 0 Å². The first-order valence-corrected chi connectivity index (χ1v) is 9.16. The molecule has 0 bridgehead atoms. The monoisotopic (exact) mass is 308 g/mol. The molecule has 1 saturated carbocycles. The Morgan fingerprint density at radius 1 is 1.24 bits per heavy atom. The Balaban J connectivity index is 2.38. The number of thiazole rings is 1. The zero-order valence-electron chi connectivity index (χ0n) is 14.8. The van der Waals surface area contributed by atoms with Gasteiger partial charge >= 0.3 is 0 Å². The SMILES string of the molecule is CC(C)NC1(c2nc(C(C)(C)C)cs2)CCCC(C)(C)C1. The van der Waals surface area contributed by atoms with Crippen molar-refractivity contribution in [2.75, 3.05) is 0 Å². The minimum Gasteiger partial charge on any atom is -0.303 e. The van der Waals surface area contributed by atoms with E-state index in [0.717, 1.165) is 0 Å². The number of aromatic nitrogens is 1. The molecule has 120 valence electrons. The van der Waals surface area contributed by atoms with Gasteiger partial charge in [0.15, 0.2) is 0 Å². The second-order valence-corrected chi connectivity index (χ2v) is 9.72. The predicted octanol–water partition coefficient (Wildman–Crippen LogP) is 5.23. The van der Waals surface area contributed by atoms with Gasteiger partial charge in [-0.3, -0.25) is 0 Å². The van der Waals surface area contributed by atoms with E-state index in [2.05, 4.69) is 59.2 Å². The van der Waals surface area contributed by atoms with Gasteiger partial charge in [-0.2, -0.15) is 0 Å². The predicted molar refractivity (Wildman–Crippen MR) is 93.0 cm³/mol. The molecule has 0 amide bonds. The third-order valence-corrected chi connectivity index (χ3v) is 5.53. The lowest BCUT2D eigenvalue weighted by Crippen LogP contribution is -2.50. The molecule has 1 N–H and O–H groups in total. The molecule has 2 nitrogen and oxygen atoms in total. The number of hydrogen-bond donors (Lipinski definition) is 1. The van der Waals surface area contributed by atoms with Crippen LogP contribution < -0.4 is 5.32 Å². The van der Waals surface area contributed by atoms with E-state index >= 15 is 0 Å². The van der Waals surface area contributed by atoms with Gasteiger partial charge in [0, 0.05) is 16.8 Å². The van der Waals surface area contributed by atoms with Crippen LogP contribution in [0.15, 0.2) is 5.38 Å². The topological polar surface area (TPSA) is 24.9 Å². The Kier molecular flexibility index (Phi) is 4.57. The number of nitrogens with zero attached hydrogens (tertiary/aromatic N) is 1.